The number of halogens is 1. The first-order valence-electron chi connectivity index (χ1n) is 9.52. The van der Waals surface area contributed by atoms with Crippen LogP contribution >= 0.6 is 11.6 Å². The third-order valence-electron chi connectivity index (χ3n) is 4.12. The van der Waals surface area contributed by atoms with E-state index in [-0.39, 0.29) is 24.9 Å². The van der Waals surface area contributed by atoms with Gasteiger partial charge in [-0.05, 0) is 48.4 Å². The standard InChI is InChI=1S/C21H22ClN5O3/c1-2-11-23-21(29)25-17-9-3-14(4-10-17)12-18(28)24-13-19-26-20(27-30-19)15-5-7-16(22)8-6-15/h3-10H,2,11-13H2,1H3,(H,24,28)(H2,23,25,29). The third kappa shape index (κ3) is 6.31. The number of amides is 3. The molecule has 0 unspecified atom stereocenters. The van der Waals surface area contributed by atoms with E-state index in [1.807, 2.05) is 6.92 Å². The van der Waals surface area contributed by atoms with Crippen LogP contribution in [0.1, 0.15) is 24.8 Å². The van der Waals surface area contributed by atoms with Crippen molar-refractivity contribution >= 4 is 29.2 Å². The molecule has 30 heavy (non-hydrogen) atoms. The van der Waals surface area contributed by atoms with Crippen LogP contribution in [-0.4, -0.2) is 28.6 Å². The molecule has 3 N–H and O–H groups in total. The highest BCUT2D eigenvalue weighted by Gasteiger charge is 2.10. The molecule has 156 valence electrons. The Labute approximate surface area is 179 Å². The Morgan fingerprint density at radius 3 is 2.47 bits per heavy atom. The van der Waals surface area contributed by atoms with Crippen molar-refractivity contribution in [3.8, 4) is 11.4 Å². The maximum Gasteiger partial charge on any atom is 0.319 e. The Kier molecular flexibility index (Phi) is 7.40. The van der Waals surface area contributed by atoms with E-state index in [4.69, 9.17) is 16.1 Å². The highest BCUT2D eigenvalue weighted by Crippen LogP contribution is 2.18. The fourth-order valence-corrected chi connectivity index (χ4v) is 2.71. The number of hydrogen-bond donors (Lipinski definition) is 3. The lowest BCUT2D eigenvalue weighted by Crippen LogP contribution is -2.29. The molecule has 3 aromatic rings. The predicted octanol–water partition coefficient (Wildman–Crippen LogP) is 3.78. The SMILES string of the molecule is CCCNC(=O)Nc1ccc(CC(=O)NCc2nc(-c3ccc(Cl)cc3)no2)cc1. The predicted molar refractivity (Wildman–Crippen MR) is 114 cm³/mol. The fraction of sp³-hybridized carbons (Fsp3) is 0.238. The molecular weight excluding hydrogens is 406 g/mol. The Balaban J connectivity index is 1.47. The summed E-state index contributed by atoms with van der Waals surface area (Å²) in [6.07, 6.45) is 1.06. The number of nitrogens with zero attached hydrogens (tertiary/aromatic N) is 2. The van der Waals surface area contributed by atoms with Gasteiger partial charge in [0.1, 0.15) is 0 Å². The van der Waals surface area contributed by atoms with Crippen LogP contribution in [0.25, 0.3) is 11.4 Å². The van der Waals surface area contributed by atoms with Gasteiger partial charge in [-0.25, -0.2) is 4.79 Å². The lowest BCUT2D eigenvalue weighted by atomic mass is 10.1. The van der Waals surface area contributed by atoms with E-state index in [0.29, 0.717) is 29.0 Å². The highest BCUT2D eigenvalue weighted by atomic mass is 35.5. The zero-order valence-corrected chi connectivity index (χ0v) is 17.2. The molecule has 8 nitrogen and oxygen atoms in total. The smallest absolute Gasteiger partial charge is 0.319 e. The number of carbonyl (C=O) groups is 2. The number of urea groups is 1. The van der Waals surface area contributed by atoms with E-state index >= 15 is 0 Å². The molecule has 1 heterocycles. The summed E-state index contributed by atoms with van der Waals surface area (Å²) >= 11 is 5.87. The fourth-order valence-electron chi connectivity index (χ4n) is 2.58. The van der Waals surface area contributed by atoms with Crippen LogP contribution in [0.15, 0.2) is 53.1 Å². The largest absolute Gasteiger partial charge is 0.347 e. The number of nitrogens with one attached hydrogen (secondary N) is 3. The first-order valence-corrected chi connectivity index (χ1v) is 9.90. The molecule has 0 spiro atoms. The van der Waals surface area contributed by atoms with Crippen LogP contribution in [0.2, 0.25) is 5.02 Å². The van der Waals surface area contributed by atoms with Gasteiger partial charge in [-0.2, -0.15) is 4.98 Å². The zero-order valence-electron chi connectivity index (χ0n) is 16.4. The van der Waals surface area contributed by atoms with Crippen molar-refractivity contribution in [2.45, 2.75) is 26.3 Å². The normalized spacial score (nSPS) is 10.5. The van der Waals surface area contributed by atoms with Crippen LogP contribution in [0.5, 0.6) is 0 Å². The topological polar surface area (TPSA) is 109 Å². The number of rotatable bonds is 8. The summed E-state index contributed by atoms with van der Waals surface area (Å²) in [6, 6.07) is 13.9. The van der Waals surface area contributed by atoms with Crippen molar-refractivity contribution in [2.24, 2.45) is 0 Å². The molecule has 0 atom stereocenters. The first kappa shape index (κ1) is 21.3. The minimum absolute atomic E-state index is 0.136. The van der Waals surface area contributed by atoms with Crippen LogP contribution in [0.4, 0.5) is 10.5 Å². The molecule has 0 aliphatic carbocycles. The molecule has 9 heteroatoms. The van der Waals surface area contributed by atoms with Gasteiger partial charge in [-0.15, -0.1) is 0 Å². The molecule has 3 rings (SSSR count). The molecule has 0 aliphatic heterocycles. The van der Waals surface area contributed by atoms with Crippen molar-refractivity contribution in [3.63, 3.8) is 0 Å². The molecule has 0 fully saturated rings. The molecular formula is C21H22ClN5O3. The van der Waals surface area contributed by atoms with E-state index in [0.717, 1.165) is 17.5 Å². The Morgan fingerprint density at radius 2 is 1.77 bits per heavy atom. The summed E-state index contributed by atoms with van der Waals surface area (Å²) in [7, 11) is 0. The number of hydrogen-bond acceptors (Lipinski definition) is 5. The lowest BCUT2D eigenvalue weighted by molar-refractivity contribution is -0.120. The Morgan fingerprint density at radius 1 is 1.03 bits per heavy atom. The molecule has 0 saturated heterocycles. The van der Waals surface area contributed by atoms with Crippen molar-refractivity contribution in [2.75, 3.05) is 11.9 Å². The second-order valence-corrected chi connectivity index (χ2v) is 6.99. The van der Waals surface area contributed by atoms with Gasteiger partial charge in [0.05, 0.1) is 13.0 Å². The van der Waals surface area contributed by atoms with Crippen molar-refractivity contribution < 1.29 is 14.1 Å². The van der Waals surface area contributed by atoms with Gasteiger partial charge in [0.15, 0.2) is 0 Å². The Bertz CT molecular complexity index is 987. The summed E-state index contributed by atoms with van der Waals surface area (Å²) in [5.41, 5.74) is 2.26. The maximum absolute atomic E-state index is 12.2. The average Bonchev–Trinajstić information content (AvgIpc) is 3.22. The van der Waals surface area contributed by atoms with Crippen LogP contribution in [-0.2, 0) is 17.8 Å². The van der Waals surface area contributed by atoms with Crippen LogP contribution in [0.3, 0.4) is 0 Å². The van der Waals surface area contributed by atoms with Crippen molar-refractivity contribution in [1.29, 1.82) is 0 Å². The van der Waals surface area contributed by atoms with E-state index in [1.54, 1.807) is 48.5 Å². The molecule has 2 aromatic carbocycles. The van der Waals surface area contributed by atoms with E-state index in [9.17, 15) is 9.59 Å². The number of aromatic nitrogens is 2. The van der Waals surface area contributed by atoms with Gasteiger partial charge in [0, 0.05) is 22.8 Å². The number of anilines is 1. The van der Waals surface area contributed by atoms with Gasteiger partial charge in [-0.3, -0.25) is 4.79 Å². The monoisotopic (exact) mass is 427 g/mol. The summed E-state index contributed by atoms with van der Waals surface area (Å²) in [5.74, 6) is 0.565. The highest BCUT2D eigenvalue weighted by molar-refractivity contribution is 6.30. The van der Waals surface area contributed by atoms with Crippen LogP contribution in [0, 0.1) is 0 Å². The number of carbonyl (C=O) groups excluding carboxylic acids is 2. The molecule has 3 amide bonds. The van der Waals surface area contributed by atoms with Gasteiger partial charge in [0.25, 0.3) is 0 Å². The van der Waals surface area contributed by atoms with Crippen molar-refractivity contribution in [3.05, 3.63) is 65.0 Å². The summed E-state index contributed by atoms with van der Waals surface area (Å²) < 4.78 is 5.18. The minimum Gasteiger partial charge on any atom is -0.347 e. The van der Waals surface area contributed by atoms with Gasteiger partial charge < -0.3 is 20.5 Å². The molecule has 0 aliphatic rings. The van der Waals surface area contributed by atoms with E-state index in [1.165, 1.54) is 0 Å². The van der Waals surface area contributed by atoms with Gasteiger partial charge in [-0.1, -0.05) is 35.8 Å². The second kappa shape index (κ2) is 10.4. The molecule has 0 bridgehead atoms. The van der Waals surface area contributed by atoms with E-state index in [2.05, 4.69) is 26.1 Å². The summed E-state index contributed by atoms with van der Waals surface area (Å²) in [4.78, 5) is 28.1. The van der Waals surface area contributed by atoms with Crippen LogP contribution < -0.4 is 16.0 Å². The van der Waals surface area contributed by atoms with Crippen molar-refractivity contribution in [1.82, 2.24) is 20.8 Å². The minimum atomic E-state index is -0.250. The van der Waals surface area contributed by atoms with Gasteiger partial charge in [0.2, 0.25) is 17.6 Å². The number of benzene rings is 2. The zero-order chi connectivity index (χ0) is 21.3. The molecule has 0 radical (unpaired) electrons. The maximum atomic E-state index is 12.2. The second-order valence-electron chi connectivity index (χ2n) is 6.55. The third-order valence-corrected chi connectivity index (χ3v) is 4.37. The summed E-state index contributed by atoms with van der Waals surface area (Å²) in [5, 5.41) is 12.8. The quantitative estimate of drug-likeness (QED) is 0.506. The molecule has 0 saturated carbocycles. The summed E-state index contributed by atoms with van der Waals surface area (Å²) in [6.45, 7) is 2.74. The Hall–Kier alpha value is -3.39. The van der Waals surface area contributed by atoms with E-state index < -0.39 is 0 Å². The van der Waals surface area contributed by atoms with Gasteiger partial charge >= 0.3 is 6.03 Å². The first-order chi connectivity index (χ1) is 14.5. The molecule has 1 aromatic heterocycles. The average molecular weight is 428 g/mol. The lowest BCUT2D eigenvalue weighted by Gasteiger charge is -2.07.